The second-order valence-corrected chi connectivity index (χ2v) is 9.75. The predicted molar refractivity (Wildman–Crippen MR) is 129 cm³/mol. The summed E-state index contributed by atoms with van der Waals surface area (Å²) in [5.74, 6) is 1.12. The quantitative estimate of drug-likeness (QED) is 0.566. The van der Waals surface area contributed by atoms with Gasteiger partial charge in [0.15, 0.2) is 0 Å². The number of likely N-dealkylation sites (tertiary alicyclic amines) is 2. The van der Waals surface area contributed by atoms with E-state index >= 15 is 0 Å². The third-order valence-electron chi connectivity index (χ3n) is 6.77. The molecule has 5 nitrogen and oxygen atoms in total. The second-order valence-electron chi connectivity index (χ2n) is 8.73. The van der Waals surface area contributed by atoms with Gasteiger partial charge < -0.3 is 14.8 Å². The van der Waals surface area contributed by atoms with E-state index in [1.807, 2.05) is 34.1 Å². The molecule has 2 aromatic carbocycles. The largest absolute Gasteiger partial charge is 0.361 e. The van der Waals surface area contributed by atoms with Gasteiger partial charge in [0.2, 0.25) is 5.91 Å². The molecule has 166 valence electrons. The lowest BCUT2D eigenvalue weighted by molar-refractivity contribution is -0.127. The van der Waals surface area contributed by atoms with Crippen LogP contribution in [0.25, 0.3) is 10.9 Å². The monoisotopic (exact) mass is 447 g/mol. The number of carbonyl (C=O) groups is 2. The van der Waals surface area contributed by atoms with Crippen molar-refractivity contribution in [2.75, 3.05) is 31.9 Å². The Balaban J connectivity index is 1.23. The third kappa shape index (κ3) is 4.29. The molecule has 0 bridgehead atoms. The van der Waals surface area contributed by atoms with Crippen LogP contribution in [0.15, 0.2) is 59.6 Å². The van der Waals surface area contributed by atoms with Crippen LogP contribution in [0.2, 0.25) is 0 Å². The van der Waals surface area contributed by atoms with Crippen LogP contribution in [0, 0.1) is 0 Å². The van der Waals surface area contributed by atoms with Gasteiger partial charge in [0, 0.05) is 48.2 Å². The van der Waals surface area contributed by atoms with Gasteiger partial charge in [-0.1, -0.05) is 30.3 Å². The smallest absolute Gasteiger partial charge is 0.254 e. The third-order valence-corrected chi connectivity index (χ3v) is 7.83. The van der Waals surface area contributed by atoms with Gasteiger partial charge in [0.05, 0.1) is 11.3 Å². The molecule has 1 N–H and O–H groups in total. The van der Waals surface area contributed by atoms with Crippen LogP contribution < -0.4 is 0 Å². The van der Waals surface area contributed by atoms with E-state index in [0.29, 0.717) is 11.7 Å². The minimum atomic E-state index is 0.0825. The molecule has 0 unspecified atom stereocenters. The van der Waals surface area contributed by atoms with Gasteiger partial charge in [-0.15, -0.1) is 11.8 Å². The lowest BCUT2D eigenvalue weighted by Crippen LogP contribution is -2.38. The maximum atomic E-state index is 13.3. The number of aromatic amines is 1. The highest BCUT2D eigenvalue weighted by molar-refractivity contribution is 8.00. The normalized spacial score (nSPS) is 17.2. The zero-order valence-electron chi connectivity index (χ0n) is 18.3. The molecular weight excluding hydrogens is 418 g/mol. The number of aromatic nitrogens is 1. The van der Waals surface area contributed by atoms with Gasteiger partial charge in [-0.25, -0.2) is 0 Å². The lowest BCUT2D eigenvalue weighted by atomic mass is 9.89. The molecule has 3 aromatic rings. The van der Waals surface area contributed by atoms with E-state index in [2.05, 4.69) is 35.4 Å². The fourth-order valence-corrected chi connectivity index (χ4v) is 5.91. The molecule has 0 aliphatic carbocycles. The molecule has 2 aliphatic rings. The zero-order chi connectivity index (χ0) is 21.9. The van der Waals surface area contributed by atoms with Crippen LogP contribution in [-0.2, 0) is 4.79 Å². The Labute approximate surface area is 193 Å². The molecule has 32 heavy (non-hydrogen) atoms. The number of para-hydroxylation sites is 1. The average molecular weight is 448 g/mol. The summed E-state index contributed by atoms with van der Waals surface area (Å²) in [6.07, 6.45) is 6.27. The number of benzene rings is 2. The molecule has 5 rings (SSSR count). The first-order valence-corrected chi connectivity index (χ1v) is 12.5. The number of amides is 2. The fourth-order valence-electron chi connectivity index (χ4n) is 4.96. The highest BCUT2D eigenvalue weighted by atomic mass is 32.2. The summed E-state index contributed by atoms with van der Waals surface area (Å²) >= 11 is 1.49. The van der Waals surface area contributed by atoms with E-state index in [4.69, 9.17) is 0 Å². The van der Waals surface area contributed by atoms with Gasteiger partial charge in [-0.3, -0.25) is 9.59 Å². The topological polar surface area (TPSA) is 56.4 Å². The molecular formula is C26H29N3O2S. The number of nitrogens with one attached hydrogen (secondary N) is 1. The van der Waals surface area contributed by atoms with E-state index in [-0.39, 0.29) is 11.8 Å². The fraction of sp³-hybridized carbons (Fsp3) is 0.385. The van der Waals surface area contributed by atoms with E-state index < -0.39 is 0 Å². The summed E-state index contributed by atoms with van der Waals surface area (Å²) in [5, 5.41) is 1.29. The number of piperidine rings is 1. The summed E-state index contributed by atoms with van der Waals surface area (Å²) < 4.78 is 0. The molecule has 2 saturated heterocycles. The van der Waals surface area contributed by atoms with Crippen molar-refractivity contribution in [2.45, 2.75) is 36.5 Å². The number of fused-ring (bicyclic) bond motifs is 1. The van der Waals surface area contributed by atoms with Crippen molar-refractivity contribution in [3.8, 4) is 0 Å². The van der Waals surface area contributed by atoms with Crippen LogP contribution in [0.1, 0.15) is 47.5 Å². The highest BCUT2D eigenvalue weighted by Gasteiger charge is 2.27. The number of hydrogen-bond acceptors (Lipinski definition) is 3. The highest BCUT2D eigenvalue weighted by Crippen LogP contribution is 2.34. The van der Waals surface area contributed by atoms with Gasteiger partial charge in [-0.2, -0.15) is 0 Å². The zero-order valence-corrected chi connectivity index (χ0v) is 19.1. The predicted octanol–water partition coefficient (Wildman–Crippen LogP) is 4.90. The minimum absolute atomic E-state index is 0.0825. The number of H-pyrrole nitrogens is 1. The molecule has 2 amide bonds. The Morgan fingerprint density at radius 2 is 1.62 bits per heavy atom. The van der Waals surface area contributed by atoms with Crippen LogP contribution in [-0.4, -0.2) is 58.5 Å². The SMILES string of the molecule is O=C(CSc1ccccc1C(=O)N1CCC(c2c[nH]c3ccccc23)CC1)N1CCCC1. The van der Waals surface area contributed by atoms with Gasteiger partial charge >= 0.3 is 0 Å². The van der Waals surface area contributed by atoms with Gasteiger partial charge in [-0.05, 0) is 55.4 Å². The van der Waals surface area contributed by atoms with Gasteiger partial charge in [0.25, 0.3) is 5.91 Å². The first kappa shape index (κ1) is 21.1. The molecule has 6 heteroatoms. The molecule has 3 heterocycles. The van der Waals surface area contributed by atoms with Crippen molar-refractivity contribution in [3.05, 3.63) is 65.9 Å². The van der Waals surface area contributed by atoms with Crippen molar-refractivity contribution < 1.29 is 9.59 Å². The summed E-state index contributed by atoms with van der Waals surface area (Å²) in [6, 6.07) is 16.2. The van der Waals surface area contributed by atoms with Gasteiger partial charge in [0.1, 0.15) is 0 Å². The van der Waals surface area contributed by atoms with Crippen molar-refractivity contribution in [3.63, 3.8) is 0 Å². The van der Waals surface area contributed by atoms with E-state index in [1.165, 1.54) is 28.2 Å². The lowest BCUT2D eigenvalue weighted by Gasteiger charge is -2.32. The number of nitrogens with zero attached hydrogens (tertiary/aromatic N) is 2. The Morgan fingerprint density at radius 1 is 0.906 bits per heavy atom. The average Bonchev–Trinajstić information content (AvgIpc) is 3.53. The Bertz CT molecular complexity index is 1110. The summed E-state index contributed by atoms with van der Waals surface area (Å²) in [6.45, 7) is 3.25. The summed E-state index contributed by atoms with van der Waals surface area (Å²) in [7, 11) is 0. The van der Waals surface area contributed by atoms with Crippen molar-refractivity contribution in [1.29, 1.82) is 0 Å². The first-order valence-electron chi connectivity index (χ1n) is 11.6. The maximum absolute atomic E-state index is 13.3. The molecule has 2 fully saturated rings. The Morgan fingerprint density at radius 3 is 2.44 bits per heavy atom. The van der Waals surface area contributed by atoms with E-state index in [9.17, 15) is 9.59 Å². The minimum Gasteiger partial charge on any atom is -0.361 e. The number of hydrogen-bond donors (Lipinski definition) is 1. The number of carbonyl (C=O) groups excluding carboxylic acids is 2. The van der Waals surface area contributed by atoms with Crippen molar-refractivity contribution >= 4 is 34.5 Å². The summed E-state index contributed by atoms with van der Waals surface area (Å²) in [5.41, 5.74) is 3.26. The molecule has 1 aromatic heterocycles. The van der Waals surface area contributed by atoms with Crippen molar-refractivity contribution in [2.24, 2.45) is 0 Å². The number of rotatable bonds is 5. The van der Waals surface area contributed by atoms with E-state index in [0.717, 1.165) is 62.3 Å². The Hall–Kier alpha value is -2.73. The van der Waals surface area contributed by atoms with Crippen molar-refractivity contribution in [1.82, 2.24) is 14.8 Å². The maximum Gasteiger partial charge on any atom is 0.254 e. The molecule has 0 spiro atoms. The first-order chi connectivity index (χ1) is 15.7. The molecule has 0 saturated carbocycles. The van der Waals surface area contributed by atoms with Crippen LogP contribution in [0.3, 0.4) is 0 Å². The second kappa shape index (κ2) is 9.41. The van der Waals surface area contributed by atoms with Crippen LogP contribution in [0.5, 0.6) is 0 Å². The van der Waals surface area contributed by atoms with Crippen LogP contribution in [0.4, 0.5) is 0 Å². The summed E-state index contributed by atoms with van der Waals surface area (Å²) in [4.78, 5) is 34.0. The Kier molecular flexibility index (Phi) is 6.21. The molecule has 0 atom stereocenters. The molecule has 2 aliphatic heterocycles. The van der Waals surface area contributed by atoms with E-state index in [1.54, 1.807) is 0 Å². The molecule has 0 radical (unpaired) electrons. The van der Waals surface area contributed by atoms with Crippen LogP contribution >= 0.6 is 11.8 Å². The number of thioether (sulfide) groups is 1. The standard InChI is InChI=1S/C26H29N3O2S/c30-25(28-13-5-6-14-28)18-32-24-10-4-2-8-21(24)26(31)29-15-11-19(12-16-29)22-17-27-23-9-3-1-7-20(22)23/h1-4,7-10,17,19,27H,5-6,11-16,18H2.